The summed E-state index contributed by atoms with van der Waals surface area (Å²) >= 11 is 12.6. The van der Waals surface area contributed by atoms with E-state index in [1.54, 1.807) is 0 Å². The fraction of sp³-hybridized carbons (Fsp3) is 0.611. The smallest absolute Gasteiger partial charge is 0.108 e. The van der Waals surface area contributed by atoms with Crippen LogP contribution in [0, 0.1) is 17.8 Å². The third-order valence-corrected chi connectivity index (χ3v) is 6.13. The van der Waals surface area contributed by atoms with E-state index in [1.165, 1.54) is 31.5 Å². The SMILES string of the molecule is CC1CC2CC(C)C3=Nc4cc(Cl)cc(Cl)c4CN3[C@H](C1)C2. The number of fused-ring (bicyclic) bond motifs is 5. The molecule has 4 rings (SSSR count). The van der Waals surface area contributed by atoms with Crippen LogP contribution in [0.5, 0.6) is 0 Å². The number of aliphatic imine (C=N–C) groups is 1. The number of hydrogen-bond acceptors (Lipinski definition) is 2. The lowest BCUT2D eigenvalue weighted by Crippen LogP contribution is -2.44. The number of nitrogens with zero attached hydrogens (tertiary/aromatic N) is 2. The first-order valence-corrected chi connectivity index (χ1v) is 9.10. The molecule has 0 aromatic heterocycles. The van der Waals surface area contributed by atoms with Gasteiger partial charge in [-0.25, -0.2) is 4.99 Å². The van der Waals surface area contributed by atoms with E-state index >= 15 is 0 Å². The largest absolute Gasteiger partial charge is 0.352 e. The van der Waals surface area contributed by atoms with Crippen molar-refractivity contribution in [1.82, 2.24) is 4.90 Å². The van der Waals surface area contributed by atoms with Gasteiger partial charge in [-0.3, -0.25) is 0 Å². The van der Waals surface area contributed by atoms with Crippen molar-refractivity contribution < 1.29 is 0 Å². The predicted molar refractivity (Wildman–Crippen MR) is 93.2 cm³/mol. The van der Waals surface area contributed by atoms with E-state index < -0.39 is 0 Å². The van der Waals surface area contributed by atoms with Crippen LogP contribution in [-0.2, 0) is 6.54 Å². The van der Waals surface area contributed by atoms with Gasteiger partial charge in [0.2, 0.25) is 0 Å². The summed E-state index contributed by atoms with van der Waals surface area (Å²) in [5, 5.41) is 1.43. The molecule has 2 bridgehead atoms. The minimum atomic E-state index is 0.520. The Labute approximate surface area is 142 Å². The molecule has 0 spiro atoms. The number of amidine groups is 1. The van der Waals surface area contributed by atoms with Crippen molar-refractivity contribution in [2.24, 2.45) is 22.7 Å². The second kappa shape index (κ2) is 5.42. The molecular weight excluding hydrogens is 315 g/mol. The summed E-state index contributed by atoms with van der Waals surface area (Å²) in [5.41, 5.74) is 2.11. The monoisotopic (exact) mass is 336 g/mol. The zero-order chi connectivity index (χ0) is 15.4. The van der Waals surface area contributed by atoms with Gasteiger partial charge < -0.3 is 4.90 Å². The van der Waals surface area contributed by atoms with Crippen molar-refractivity contribution in [2.75, 3.05) is 0 Å². The third kappa shape index (κ3) is 2.45. The Morgan fingerprint density at radius 1 is 1.09 bits per heavy atom. The topological polar surface area (TPSA) is 15.6 Å². The van der Waals surface area contributed by atoms with E-state index in [0.29, 0.717) is 17.0 Å². The second-order valence-corrected chi connectivity index (χ2v) is 8.30. The Hall–Kier alpha value is -0.730. The molecule has 2 fully saturated rings. The quantitative estimate of drug-likeness (QED) is 0.594. The van der Waals surface area contributed by atoms with Crippen LogP contribution in [0.25, 0.3) is 0 Å². The first-order valence-electron chi connectivity index (χ1n) is 8.34. The van der Waals surface area contributed by atoms with Crippen molar-refractivity contribution in [3.63, 3.8) is 0 Å². The molecule has 2 nitrogen and oxygen atoms in total. The van der Waals surface area contributed by atoms with Gasteiger partial charge in [0.25, 0.3) is 0 Å². The van der Waals surface area contributed by atoms with Crippen molar-refractivity contribution in [2.45, 2.75) is 52.1 Å². The highest BCUT2D eigenvalue weighted by atomic mass is 35.5. The summed E-state index contributed by atoms with van der Waals surface area (Å²) in [6, 6.07) is 4.42. The van der Waals surface area contributed by atoms with Crippen LogP contribution in [0.1, 0.15) is 45.1 Å². The third-order valence-electron chi connectivity index (χ3n) is 5.58. The number of hydrogen-bond donors (Lipinski definition) is 0. The Balaban J connectivity index is 1.79. The van der Waals surface area contributed by atoms with Gasteiger partial charge >= 0.3 is 0 Å². The first-order chi connectivity index (χ1) is 10.5. The van der Waals surface area contributed by atoms with E-state index in [0.717, 1.165) is 34.7 Å². The van der Waals surface area contributed by atoms with Crippen LogP contribution >= 0.6 is 23.2 Å². The van der Waals surface area contributed by atoms with Crippen molar-refractivity contribution in [3.8, 4) is 0 Å². The van der Waals surface area contributed by atoms with Crippen LogP contribution < -0.4 is 0 Å². The average molecular weight is 337 g/mol. The van der Waals surface area contributed by atoms with Crippen molar-refractivity contribution in [1.29, 1.82) is 0 Å². The molecule has 1 aliphatic carbocycles. The molecule has 3 unspecified atom stereocenters. The van der Waals surface area contributed by atoms with Crippen LogP contribution in [0.2, 0.25) is 10.0 Å². The molecule has 4 atom stereocenters. The number of halogens is 2. The minimum Gasteiger partial charge on any atom is -0.352 e. The van der Waals surface area contributed by atoms with Gasteiger partial charge in [0.05, 0.1) is 5.69 Å². The maximum atomic E-state index is 6.44. The van der Waals surface area contributed by atoms with Gasteiger partial charge in [-0.05, 0) is 49.7 Å². The van der Waals surface area contributed by atoms with Gasteiger partial charge in [-0.1, -0.05) is 37.0 Å². The molecule has 118 valence electrons. The van der Waals surface area contributed by atoms with Gasteiger partial charge in [-0.15, -0.1) is 0 Å². The van der Waals surface area contributed by atoms with Crippen LogP contribution in [0.3, 0.4) is 0 Å². The van der Waals surface area contributed by atoms with Crippen LogP contribution in [0.15, 0.2) is 17.1 Å². The fourth-order valence-electron chi connectivity index (χ4n) is 4.75. The van der Waals surface area contributed by atoms with E-state index in [1.807, 2.05) is 12.1 Å². The Morgan fingerprint density at radius 3 is 2.73 bits per heavy atom. The molecule has 1 saturated heterocycles. The first kappa shape index (κ1) is 14.8. The summed E-state index contributed by atoms with van der Waals surface area (Å²) in [7, 11) is 0. The average Bonchev–Trinajstić information content (AvgIpc) is 2.53. The zero-order valence-corrected chi connectivity index (χ0v) is 14.7. The summed E-state index contributed by atoms with van der Waals surface area (Å²) in [6.07, 6.45) is 5.23. The number of rotatable bonds is 0. The summed E-state index contributed by atoms with van der Waals surface area (Å²) in [6.45, 7) is 5.61. The van der Waals surface area contributed by atoms with E-state index in [-0.39, 0.29) is 0 Å². The standard InChI is InChI=1S/C18H22Cl2N2/c1-10-3-12-5-11(2)18-21-17-8-13(19)7-16(20)15(17)9-22(18)14(4-10)6-12/h7-8,10-12,14H,3-6,9H2,1-2H3/t10?,11?,12?,14-/m1/s1. The molecule has 22 heavy (non-hydrogen) atoms. The lowest BCUT2D eigenvalue weighted by Gasteiger charge is -2.40. The highest BCUT2D eigenvalue weighted by molar-refractivity contribution is 6.35. The molecule has 0 N–H and O–H groups in total. The molecule has 1 aromatic carbocycles. The molecule has 3 aliphatic rings. The lowest BCUT2D eigenvalue weighted by molar-refractivity contribution is 0.164. The Kier molecular flexibility index (Phi) is 3.65. The summed E-state index contributed by atoms with van der Waals surface area (Å²) in [5.74, 6) is 3.44. The molecule has 1 aromatic rings. The van der Waals surface area contributed by atoms with Crippen LogP contribution in [-0.4, -0.2) is 16.8 Å². The molecular formula is C18H22Cl2N2. The van der Waals surface area contributed by atoms with Crippen molar-refractivity contribution in [3.05, 3.63) is 27.7 Å². The van der Waals surface area contributed by atoms with Gasteiger partial charge in [0, 0.05) is 34.1 Å². The molecule has 4 heteroatoms. The molecule has 2 heterocycles. The summed E-state index contributed by atoms with van der Waals surface area (Å²) < 4.78 is 0. The van der Waals surface area contributed by atoms with E-state index in [2.05, 4.69) is 18.7 Å². The Bertz CT molecular complexity index is 640. The van der Waals surface area contributed by atoms with Crippen LogP contribution in [0.4, 0.5) is 5.69 Å². The van der Waals surface area contributed by atoms with E-state index in [4.69, 9.17) is 28.2 Å². The van der Waals surface area contributed by atoms with Gasteiger partial charge in [0.1, 0.15) is 5.84 Å². The second-order valence-electron chi connectivity index (χ2n) is 7.45. The number of benzene rings is 1. The maximum absolute atomic E-state index is 6.44. The molecule has 1 saturated carbocycles. The van der Waals surface area contributed by atoms with Crippen molar-refractivity contribution >= 4 is 34.7 Å². The van der Waals surface area contributed by atoms with Gasteiger partial charge in [0.15, 0.2) is 0 Å². The molecule has 0 amide bonds. The predicted octanol–water partition coefficient (Wildman–Crippen LogP) is 5.68. The lowest BCUT2D eigenvalue weighted by atomic mass is 9.77. The molecule has 2 aliphatic heterocycles. The minimum absolute atomic E-state index is 0.520. The highest BCUT2D eigenvalue weighted by Gasteiger charge is 2.39. The maximum Gasteiger partial charge on any atom is 0.108 e. The normalized spacial score (nSPS) is 33.6. The zero-order valence-electron chi connectivity index (χ0n) is 13.1. The Morgan fingerprint density at radius 2 is 1.91 bits per heavy atom. The van der Waals surface area contributed by atoms with Gasteiger partial charge in [-0.2, -0.15) is 0 Å². The summed E-state index contributed by atoms with van der Waals surface area (Å²) in [4.78, 5) is 7.53. The van der Waals surface area contributed by atoms with E-state index in [9.17, 15) is 0 Å². The molecule has 0 radical (unpaired) electrons. The highest BCUT2D eigenvalue weighted by Crippen LogP contribution is 2.44. The fourth-order valence-corrected chi connectivity index (χ4v) is 5.30.